The summed E-state index contributed by atoms with van der Waals surface area (Å²) in [6.07, 6.45) is 2.03. The standard InChI is InChI=1S/C17H23NO4/c1-17-9-11(10-19)6-16(20)18(17)5-4-12-7-14(21-2)15(22-3)8-13(12)17/h7-8,11,19H,4-6,9-10H2,1-3H3/t11-,17+/m0/s1. The number of carbonyl (C=O) groups excluding carboxylic acids is 1. The molecule has 0 spiro atoms. The van der Waals surface area contributed by atoms with E-state index in [0.29, 0.717) is 12.2 Å². The summed E-state index contributed by atoms with van der Waals surface area (Å²) < 4.78 is 10.8. The van der Waals surface area contributed by atoms with Crippen LogP contribution in [0.4, 0.5) is 0 Å². The highest BCUT2D eigenvalue weighted by Gasteiger charge is 2.46. The van der Waals surface area contributed by atoms with Crippen LogP contribution in [-0.2, 0) is 16.8 Å². The lowest BCUT2D eigenvalue weighted by Crippen LogP contribution is -2.56. The maximum atomic E-state index is 12.4. The SMILES string of the molecule is COc1cc2c(cc1OC)[C@@]1(C)C[C@@H](CO)CC(=O)N1CC2. The highest BCUT2D eigenvalue weighted by atomic mass is 16.5. The molecule has 0 aromatic heterocycles. The molecule has 0 unspecified atom stereocenters. The third-order valence-electron chi connectivity index (χ3n) is 5.10. The van der Waals surface area contributed by atoms with E-state index in [0.717, 1.165) is 30.7 Å². The molecule has 5 nitrogen and oxygen atoms in total. The van der Waals surface area contributed by atoms with Gasteiger partial charge in [-0.05, 0) is 48.9 Å². The Balaban J connectivity index is 2.11. The predicted molar refractivity (Wildman–Crippen MR) is 82.1 cm³/mol. The van der Waals surface area contributed by atoms with Crippen LogP contribution in [0.5, 0.6) is 11.5 Å². The Morgan fingerprint density at radius 1 is 1.32 bits per heavy atom. The molecule has 3 rings (SSSR count). The van der Waals surface area contributed by atoms with E-state index in [1.54, 1.807) is 14.2 Å². The molecule has 120 valence electrons. The average molecular weight is 305 g/mol. The van der Waals surface area contributed by atoms with Crippen molar-refractivity contribution in [3.05, 3.63) is 23.3 Å². The lowest BCUT2D eigenvalue weighted by molar-refractivity contribution is -0.146. The molecule has 2 aliphatic rings. The van der Waals surface area contributed by atoms with Gasteiger partial charge in [-0.25, -0.2) is 0 Å². The minimum atomic E-state index is -0.379. The van der Waals surface area contributed by atoms with Crippen LogP contribution >= 0.6 is 0 Å². The molecule has 1 saturated heterocycles. The third kappa shape index (κ3) is 2.15. The molecule has 1 amide bonds. The molecule has 0 saturated carbocycles. The molecule has 2 aliphatic heterocycles. The van der Waals surface area contributed by atoms with E-state index < -0.39 is 0 Å². The summed E-state index contributed by atoms with van der Waals surface area (Å²) in [6, 6.07) is 4.01. The third-order valence-corrected chi connectivity index (χ3v) is 5.10. The monoisotopic (exact) mass is 305 g/mol. The van der Waals surface area contributed by atoms with E-state index in [-0.39, 0.29) is 24.0 Å². The lowest BCUT2D eigenvalue weighted by atomic mass is 9.72. The first-order valence-corrected chi connectivity index (χ1v) is 7.70. The normalized spacial score (nSPS) is 27.2. The van der Waals surface area contributed by atoms with Crippen LogP contribution in [0.2, 0.25) is 0 Å². The first kappa shape index (κ1) is 15.2. The van der Waals surface area contributed by atoms with Crippen molar-refractivity contribution in [2.75, 3.05) is 27.4 Å². The number of rotatable bonds is 3. The van der Waals surface area contributed by atoms with Gasteiger partial charge in [-0.2, -0.15) is 0 Å². The molecule has 1 fully saturated rings. The number of amides is 1. The van der Waals surface area contributed by atoms with Gasteiger partial charge in [0.25, 0.3) is 0 Å². The minimum Gasteiger partial charge on any atom is -0.493 e. The van der Waals surface area contributed by atoms with Gasteiger partial charge in [-0.1, -0.05) is 0 Å². The van der Waals surface area contributed by atoms with Crippen molar-refractivity contribution in [2.45, 2.75) is 31.7 Å². The number of methoxy groups -OCH3 is 2. The van der Waals surface area contributed by atoms with Crippen LogP contribution in [0.3, 0.4) is 0 Å². The van der Waals surface area contributed by atoms with E-state index in [9.17, 15) is 9.90 Å². The van der Waals surface area contributed by atoms with Gasteiger partial charge in [0.05, 0.1) is 19.8 Å². The lowest BCUT2D eigenvalue weighted by Gasteiger charge is -2.51. The number of hydrogen-bond acceptors (Lipinski definition) is 4. The van der Waals surface area contributed by atoms with Crippen molar-refractivity contribution in [2.24, 2.45) is 5.92 Å². The molecular formula is C17H23NO4. The molecule has 1 aromatic carbocycles. The van der Waals surface area contributed by atoms with Gasteiger partial charge in [-0.15, -0.1) is 0 Å². The number of hydrogen-bond donors (Lipinski definition) is 1. The number of nitrogens with zero attached hydrogens (tertiary/aromatic N) is 1. The van der Waals surface area contributed by atoms with Crippen LogP contribution in [0.1, 0.15) is 30.9 Å². The second-order valence-corrected chi connectivity index (χ2v) is 6.39. The fourth-order valence-electron chi connectivity index (χ4n) is 3.99. The van der Waals surface area contributed by atoms with E-state index in [1.807, 2.05) is 17.0 Å². The fourth-order valence-corrected chi connectivity index (χ4v) is 3.99. The first-order chi connectivity index (χ1) is 10.5. The van der Waals surface area contributed by atoms with E-state index in [4.69, 9.17) is 9.47 Å². The van der Waals surface area contributed by atoms with Gasteiger partial charge < -0.3 is 19.5 Å². The molecule has 22 heavy (non-hydrogen) atoms. The summed E-state index contributed by atoms with van der Waals surface area (Å²) in [4.78, 5) is 14.4. The van der Waals surface area contributed by atoms with Crippen molar-refractivity contribution in [3.63, 3.8) is 0 Å². The van der Waals surface area contributed by atoms with Crippen LogP contribution in [0.25, 0.3) is 0 Å². The van der Waals surface area contributed by atoms with Gasteiger partial charge >= 0.3 is 0 Å². The Hall–Kier alpha value is -1.75. The summed E-state index contributed by atoms with van der Waals surface area (Å²) in [5, 5.41) is 9.53. The number of aliphatic hydroxyl groups is 1. The van der Waals surface area contributed by atoms with Gasteiger partial charge in [0.15, 0.2) is 11.5 Å². The maximum absolute atomic E-state index is 12.4. The van der Waals surface area contributed by atoms with Gasteiger partial charge in [-0.3, -0.25) is 4.79 Å². The molecule has 2 heterocycles. The fraction of sp³-hybridized carbons (Fsp3) is 0.588. The summed E-state index contributed by atoms with van der Waals surface area (Å²) in [5.41, 5.74) is 1.93. The number of ether oxygens (including phenoxy) is 2. The van der Waals surface area contributed by atoms with Crippen LogP contribution in [0, 0.1) is 5.92 Å². The Kier molecular flexibility index (Phi) is 3.77. The highest BCUT2D eigenvalue weighted by molar-refractivity contribution is 5.79. The minimum absolute atomic E-state index is 0.0211. The number of piperidine rings is 1. The summed E-state index contributed by atoms with van der Waals surface area (Å²) in [6.45, 7) is 2.87. The second kappa shape index (κ2) is 5.47. The predicted octanol–water partition coefficient (Wildman–Crippen LogP) is 1.71. The molecule has 1 aromatic rings. The second-order valence-electron chi connectivity index (χ2n) is 6.39. The Morgan fingerprint density at radius 3 is 2.64 bits per heavy atom. The van der Waals surface area contributed by atoms with E-state index in [1.165, 1.54) is 5.56 Å². The van der Waals surface area contributed by atoms with Gasteiger partial charge in [0, 0.05) is 19.6 Å². The van der Waals surface area contributed by atoms with Gasteiger partial charge in [0.1, 0.15) is 0 Å². The van der Waals surface area contributed by atoms with E-state index >= 15 is 0 Å². The zero-order valence-electron chi connectivity index (χ0n) is 13.4. The topological polar surface area (TPSA) is 59.0 Å². The zero-order chi connectivity index (χ0) is 15.9. The maximum Gasteiger partial charge on any atom is 0.223 e. The molecule has 2 atom stereocenters. The van der Waals surface area contributed by atoms with Crippen molar-refractivity contribution >= 4 is 5.91 Å². The number of carbonyl (C=O) groups is 1. The molecular weight excluding hydrogens is 282 g/mol. The summed E-state index contributed by atoms with van der Waals surface area (Å²) >= 11 is 0. The number of benzene rings is 1. The summed E-state index contributed by atoms with van der Waals surface area (Å²) in [7, 11) is 3.25. The molecule has 0 bridgehead atoms. The van der Waals surface area contributed by atoms with Crippen LogP contribution < -0.4 is 9.47 Å². The van der Waals surface area contributed by atoms with Crippen molar-refractivity contribution in [3.8, 4) is 11.5 Å². The Labute approximate surface area is 130 Å². The Morgan fingerprint density at radius 2 is 2.00 bits per heavy atom. The summed E-state index contributed by atoms with van der Waals surface area (Å²) in [5.74, 6) is 1.56. The van der Waals surface area contributed by atoms with Crippen LogP contribution in [-0.4, -0.2) is 43.3 Å². The number of aliphatic hydroxyl groups excluding tert-OH is 1. The number of fused-ring (bicyclic) bond motifs is 3. The van der Waals surface area contributed by atoms with Crippen LogP contribution in [0.15, 0.2) is 12.1 Å². The van der Waals surface area contributed by atoms with E-state index in [2.05, 4.69) is 6.92 Å². The smallest absolute Gasteiger partial charge is 0.223 e. The largest absolute Gasteiger partial charge is 0.493 e. The quantitative estimate of drug-likeness (QED) is 0.923. The Bertz CT molecular complexity index is 601. The average Bonchev–Trinajstić information content (AvgIpc) is 2.52. The molecule has 0 aliphatic carbocycles. The molecule has 0 radical (unpaired) electrons. The molecule has 1 N–H and O–H groups in total. The van der Waals surface area contributed by atoms with Crippen molar-refractivity contribution in [1.82, 2.24) is 4.90 Å². The van der Waals surface area contributed by atoms with Crippen molar-refractivity contribution in [1.29, 1.82) is 0 Å². The first-order valence-electron chi connectivity index (χ1n) is 7.70. The molecule has 5 heteroatoms. The van der Waals surface area contributed by atoms with Gasteiger partial charge in [0.2, 0.25) is 5.91 Å². The highest BCUT2D eigenvalue weighted by Crippen LogP contribution is 2.47. The van der Waals surface area contributed by atoms with Crippen molar-refractivity contribution < 1.29 is 19.4 Å². The zero-order valence-corrected chi connectivity index (χ0v) is 13.4.